The molecular formula is C19H19N3O2. The van der Waals surface area contributed by atoms with Gasteiger partial charge in [0.2, 0.25) is 5.91 Å². The van der Waals surface area contributed by atoms with E-state index in [2.05, 4.69) is 22.7 Å². The van der Waals surface area contributed by atoms with Gasteiger partial charge in [0.15, 0.2) is 0 Å². The SMILES string of the molecule is CCc1c(-c2ccc(OC)c3c2CCC(=O)N3)nc2ccccn12. The van der Waals surface area contributed by atoms with E-state index in [1.165, 1.54) is 5.69 Å². The zero-order chi connectivity index (χ0) is 16.7. The average molecular weight is 321 g/mol. The van der Waals surface area contributed by atoms with Crippen LogP contribution in [0.1, 0.15) is 24.6 Å². The minimum absolute atomic E-state index is 0.0312. The van der Waals surface area contributed by atoms with Crippen LogP contribution in [0, 0.1) is 0 Å². The summed E-state index contributed by atoms with van der Waals surface area (Å²) in [5.74, 6) is 0.729. The number of nitrogens with one attached hydrogen (secondary N) is 1. The van der Waals surface area contributed by atoms with Crippen LogP contribution in [-0.4, -0.2) is 22.4 Å². The summed E-state index contributed by atoms with van der Waals surface area (Å²) in [5.41, 5.74) is 6.06. The molecule has 0 aliphatic carbocycles. The molecule has 0 saturated heterocycles. The van der Waals surface area contributed by atoms with Crippen molar-refractivity contribution in [3.63, 3.8) is 0 Å². The van der Waals surface area contributed by atoms with Gasteiger partial charge in [0.25, 0.3) is 0 Å². The number of hydrogen-bond donors (Lipinski definition) is 1. The Hall–Kier alpha value is -2.82. The van der Waals surface area contributed by atoms with Gasteiger partial charge in [-0.3, -0.25) is 4.79 Å². The first kappa shape index (κ1) is 14.8. The lowest BCUT2D eigenvalue weighted by Crippen LogP contribution is -2.20. The van der Waals surface area contributed by atoms with E-state index >= 15 is 0 Å². The Morgan fingerprint density at radius 1 is 1.25 bits per heavy atom. The van der Waals surface area contributed by atoms with Crippen molar-refractivity contribution in [1.29, 1.82) is 0 Å². The van der Waals surface area contributed by atoms with Crippen molar-refractivity contribution in [2.24, 2.45) is 0 Å². The molecule has 3 heterocycles. The van der Waals surface area contributed by atoms with Crippen molar-refractivity contribution >= 4 is 17.2 Å². The molecule has 1 N–H and O–H groups in total. The van der Waals surface area contributed by atoms with Crippen molar-refractivity contribution in [3.8, 4) is 17.0 Å². The van der Waals surface area contributed by atoms with Gasteiger partial charge in [-0.05, 0) is 42.7 Å². The van der Waals surface area contributed by atoms with E-state index in [9.17, 15) is 4.79 Å². The number of methoxy groups -OCH3 is 1. The second kappa shape index (κ2) is 5.67. The first-order valence-corrected chi connectivity index (χ1v) is 8.19. The average Bonchev–Trinajstić information content (AvgIpc) is 2.98. The summed E-state index contributed by atoms with van der Waals surface area (Å²) in [7, 11) is 1.62. The number of benzene rings is 1. The van der Waals surface area contributed by atoms with Crippen molar-refractivity contribution in [2.45, 2.75) is 26.2 Å². The lowest BCUT2D eigenvalue weighted by Gasteiger charge is -2.22. The molecule has 0 fully saturated rings. The maximum atomic E-state index is 11.8. The van der Waals surface area contributed by atoms with Gasteiger partial charge in [0.05, 0.1) is 24.2 Å². The molecule has 24 heavy (non-hydrogen) atoms. The quantitative estimate of drug-likeness (QED) is 0.804. The number of anilines is 1. The number of carbonyl (C=O) groups is 1. The minimum Gasteiger partial charge on any atom is -0.495 e. The van der Waals surface area contributed by atoms with Gasteiger partial charge < -0.3 is 14.5 Å². The maximum absolute atomic E-state index is 11.8. The number of ether oxygens (including phenoxy) is 1. The molecule has 2 aromatic heterocycles. The van der Waals surface area contributed by atoms with Crippen LogP contribution < -0.4 is 10.1 Å². The zero-order valence-electron chi connectivity index (χ0n) is 13.8. The number of fused-ring (bicyclic) bond motifs is 2. The van der Waals surface area contributed by atoms with Gasteiger partial charge in [-0.1, -0.05) is 13.0 Å². The zero-order valence-corrected chi connectivity index (χ0v) is 13.8. The van der Waals surface area contributed by atoms with E-state index in [4.69, 9.17) is 9.72 Å². The maximum Gasteiger partial charge on any atom is 0.224 e. The van der Waals surface area contributed by atoms with Crippen molar-refractivity contribution < 1.29 is 9.53 Å². The van der Waals surface area contributed by atoms with Crippen LogP contribution in [-0.2, 0) is 17.6 Å². The number of carbonyl (C=O) groups excluding carboxylic acids is 1. The molecule has 0 radical (unpaired) electrons. The normalized spacial score (nSPS) is 13.7. The minimum atomic E-state index is 0.0312. The number of nitrogens with zero attached hydrogens (tertiary/aromatic N) is 2. The molecule has 1 aliphatic heterocycles. The summed E-state index contributed by atoms with van der Waals surface area (Å²) in [4.78, 5) is 16.7. The molecule has 1 aromatic carbocycles. The highest BCUT2D eigenvalue weighted by molar-refractivity contribution is 5.98. The third kappa shape index (κ3) is 2.16. The Morgan fingerprint density at radius 2 is 2.12 bits per heavy atom. The fourth-order valence-electron chi connectivity index (χ4n) is 3.46. The second-order valence-electron chi connectivity index (χ2n) is 5.91. The van der Waals surface area contributed by atoms with E-state index in [1.807, 2.05) is 30.5 Å². The summed E-state index contributed by atoms with van der Waals surface area (Å²) in [6.45, 7) is 2.14. The van der Waals surface area contributed by atoms with Crippen LogP contribution in [0.25, 0.3) is 16.9 Å². The molecule has 1 amide bonds. The Morgan fingerprint density at radius 3 is 2.92 bits per heavy atom. The number of rotatable bonds is 3. The van der Waals surface area contributed by atoms with E-state index in [-0.39, 0.29) is 5.91 Å². The standard InChI is InChI=1S/C19H19N3O2/c1-3-14-18(20-16-6-4-5-11-22(14)16)12-7-9-15(24-2)19-13(12)8-10-17(23)21-19/h4-7,9,11H,3,8,10H2,1-2H3,(H,21,23). The highest BCUT2D eigenvalue weighted by Gasteiger charge is 2.24. The van der Waals surface area contributed by atoms with E-state index in [1.54, 1.807) is 7.11 Å². The highest BCUT2D eigenvalue weighted by Crippen LogP contribution is 2.40. The molecule has 1 aliphatic rings. The fourth-order valence-corrected chi connectivity index (χ4v) is 3.46. The third-order valence-corrected chi connectivity index (χ3v) is 4.58. The molecule has 0 atom stereocenters. The number of hydrogen-bond acceptors (Lipinski definition) is 3. The predicted octanol–water partition coefficient (Wildman–Crippen LogP) is 3.46. The second-order valence-corrected chi connectivity index (χ2v) is 5.91. The lowest BCUT2D eigenvalue weighted by atomic mass is 9.93. The lowest BCUT2D eigenvalue weighted by molar-refractivity contribution is -0.116. The van der Waals surface area contributed by atoms with Gasteiger partial charge in [0.1, 0.15) is 11.4 Å². The molecule has 0 bridgehead atoms. The van der Waals surface area contributed by atoms with Gasteiger partial charge in [0, 0.05) is 18.2 Å². The van der Waals surface area contributed by atoms with E-state index < -0.39 is 0 Å². The smallest absolute Gasteiger partial charge is 0.224 e. The summed E-state index contributed by atoms with van der Waals surface area (Å²) >= 11 is 0. The molecule has 122 valence electrons. The predicted molar refractivity (Wildman–Crippen MR) is 93.5 cm³/mol. The van der Waals surface area contributed by atoms with E-state index in [0.717, 1.165) is 34.6 Å². The molecule has 5 nitrogen and oxygen atoms in total. The van der Waals surface area contributed by atoms with Crippen molar-refractivity contribution in [1.82, 2.24) is 9.38 Å². The van der Waals surface area contributed by atoms with Gasteiger partial charge in [-0.15, -0.1) is 0 Å². The number of imidazole rings is 1. The molecule has 0 unspecified atom stereocenters. The molecule has 4 rings (SSSR count). The first-order valence-electron chi connectivity index (χ1n) is 8.19. The van der Waals surface area contributed by atoms with Crippen LogP contribution in [0.3, 0.4) is 0 Å². The van der Waals surface area contributed by atoms with Crippen LogP contribution in [0.4, 0.5) is 5.69 Å². The largest absolute Gasteiger partial charge is 0.495 e. The van der Waals surface area contributed by atoms with Crippen LogP contribution in [0.15, 0.2) is 36.5 Å². The highest BCUT2D eigenvalue weighted by atomic mass is 16.5. The Labute approximate surface area is 140 Å². The van der Waals surface area contributed by atoms with Crippen LogP contribution >= 0.6 is 0 Å². The summed E-state index contributed by atoms with van der Waals surface area (Å²) in [5, 5.41) is 2.96. The molecule has 0 spiro atoms. The van der Waals surface area contributed by atoms with Crippen molar-refractivity contribution in [2.75, 3.05) is 12.4 Å². The third-order valence-electron chi connectivity index (χ3n) is 4.58. The number of aromatic nitrogens is 2. The topological polar surface area (TPSA) is 55.6 Å². The molecule has 3 aromatic rings. The van der Waals surface area contributed by atoms with E-state index in [0.29, 0.717) is 18.6 Å². The monoisotopic (exact) mass is 321 g/mol. The fraction of sp³-hybridized carbons (Fsp3) is 0.263. The molecule has 0 saturated carbocycles. The molecular weight excluding hydrogens is 302 g/mol. The van der Waals surface area contributed by atoms with Gasteiger partial charge in [-0.2, -0.15) is 0 Å². The number of pyridine rings is 1. The Bertz CT molecular complexity index is 943. The number of aryl methyl sites for hydroxylation is 1. The summed E-state index contributed by atoms with van der Waals surface area (Å²) in [6.07, 6.45) is 4.11. The summed E-state index contributed by atoms with van der Waals surface area (Å²) in [6, 6.07) is 9.98. The first-order chi connectivity index (χ1) is 11.7. The summed E-state index contributed by atoms with van der Waals surface area (Å²) < 4.78 is 7.56. The van der Waals surface area contributed by atoms with Crippen LogP contribution in [0.5, 0.6) is 5.75 Å². The van der Waals surface area contributed by atoms with Gasteiger partial charge in [-0.25, -0.2) is 4.98 Å². The van der Waals surface area contributed by atoms with Gasteiger partial charge >= 0.3 is 0 Å². The van der Waals surface area contributed by atoms with Crippen LogP contribution in [0.2, 0.25) is 0 Å². The molecule has 5 heteroatoms. The Balaban J connectivity index is 1.98. The van der Waals surface area contributed by atoms with Crippen molar-refractivity contribution in [3.05, 3.63) is 47.8 Å². The Kier molecular flexibility index (Phi) is 3.49. The number of amides is 1.